The Kier molecular flexibility index (Phi) is 4.92. The van der Waals surface area contributed by atoms with Gasteiger partial charge in [0.15, 0.2) is 0 Å². The van der Waals surface area contributed by atoms with Crippen LogP contribution >= 0.6 is 11.6 Å². The number of nitrogens with one attached hydrogen (secondary N) is 1. The minimum absolute atomic E-state index is 0.0146. The molecule has 1 aliphatic rings. The van der Waals surface area contributed by atoms with Gasteiger partial charge >= 0.3 is 0 Å². The molecule has 6 nitrogen and oxygen atoms in total. The van der Waals surface area contributed by atoms with Crippen molar-refractivity contribution in [1.29, 1.82) is 0 Å². The second kappa shape index (κ2) is 6.67. The fraction of sp³-hybridized carbons (Fsp3) is 0.462. The summed E-state index contributed by atoms with van der Waals surface area (Å²) in [7, 11) is 0. The lowest BCUT2D eigenvalue weighted by Gasteiger charge is -2.22. The number of nitro benzene ring substituents is 1. The van der Waals surface area contributed by atoms with E-state index in [0.717, 1.165) is 19.4 Å². The molecule has 0 aliphatic carbocycles. The summed E-state index contributed by atoms with van der Waals surface area (Å²) >= 11 is 5.79. The van der Waals surface area contributed by atoms with E-state index in [4.69, 9.17) is 16.3 Å². The van der Waals surface area contributed by atoms with E-state index in [1.807, 2.05) is 0 Å². The minimum Gasteiger partial charge on any atom is -0.381 e. The quantitative estimate of drug-likeness (QED) is 0.683. The fourth-order valence-corrected chi connectivity index (χ4v) is 2.32. The van der Waals surface area contributed by atoms with E-state index in [1.54, 1.807) is 0 Å². The van der Waals surface area contributed by atoms with Gasteiger partial charge in [-0.25, -0.2) is 0 Å². The van der Waals surface area contributed by atoms with Gasteiger partial charge in [0.1, 0.15) is 5.56 Å². The molecule has 108 valence electrons. The second-order valence-corrected chi connectivity index (χ2v) is 5.15. The van der Waals surface area contributed by atoms with Crippen LogP contribution in [0.5, 0.6) is 0 Å². The standard InChI is InChI=1S/C13H15ClN2O4/c14-10-3-4-12(16(18)19)11(6-10)13(17)15-7-9-2-1-5-20-8-9/h3-4,6,9H,1-2,5,7-8H2,(H,15,17). The first-order chi connectivity index (χ1) is 9.58. The molecule has 0 spiro atoms. The number of carbonyl (C=O) groups is 1. The Hall–Kier alpha value is -1.66. The van der Waals surface area contributed by atoms with Crippen molar-refractivity contribution >= 4 is 23.2 Å². The first-order valence-electron chi connectivity index (χ1n) is 6.38. The number of benzene rings is 1. The summed E-state index contributed by atoms with van der Waals surface area (Å²) in [6, 6.07) is 3.94. The molecule has 1 amide bonds. The molecule has 1 aliphatic heterocycles. The molecule has 0 radical (unpaired) electrons. The summed E-state index contributed by atoms with van der Waals surface area (Å²) < 4.78 is 5.32. The zero-order valence-corrected chi connectivity index (χ0v) is 11.6. The Morgan fingerprint density at radius 1 is 1.55 bits per heavy atom. The molecular weight excluding hydrogens is 284 g/mol. The van der Waals surface area contributed by atoms with Crippen LogP contribution in [-0.2, 0) is 4.74 Å². The number of nitrogens with zero attached hydrogens (tertiary/aromatic N) is 1. The number of rotatable bonds is 4. The van der Waals surface area contributed by atoms with Gasteiger partial charge in [0, 0.05) is 24.2 Å². The lowest BCUT2D eigenvalue weighted by molar-refractivity contribution is -0.385. The summed E-state index contributed by atoms with van der Waals surface area (Å²) in [5.74, 6) is -0.226. The second-order valence-electron chi connectivity index (χ2n) is 4.71. The zero-order chi connectivity index (χ0) is 14.5. The molecule has 7 heteroatoms. The molecule has 1 atom stereocenters. The number of hydrogen-bond donors (Lipinski definition) is 1. The number of ether oxygens (including phenoxy) is 1. The molecule has 1 aromatic rings. The lowest BCUT2D eigenvalue weighted by Crippen LogP contribution is -2.33. The fourth-order valence-electron chi connectivity index (χ4n) is 2.15. The van der Waals surface area contributed by atoms with Crippen molar-refractivity contribution in [2.75, 3.05) is 19.8 Å². The Balaban J connectivity index is 2.04. The van der Waals surface area contributed by atoms with Crippen LogP contribution in [-0.4, -0.2) is 30.6 Å². The van der Waals surface area contributed by atoms with E-state index < -0.39 is 10.8 Å². The molecule has 1 fully saturated rings. The Labute approximate surface area is 121 Å². The Morgan fingerprint density at radius 2 is 2.35 bits per heavy atom. The number of halogens is 1. The van der Waals surface area contributed by atoms with Crippen LogP contribution in [0.1, 0.15) is 23.2 Å². The summed E-state index contributed by atoms with van der Waals surface area (Å²) in [4.78, 5) is 22.4. The van der Waals surface area contributed by atoms with Gasteiger partial charge in [0.25, 0.3) is 11.6 Å². The highest BCUT2D eigenvalue weighted by atomic mass is 35.5. The maximum Gasteiger partial charge on any atom is 0.282 e. The smallest absolute Gasteiger partial charge is 0.282 e. The van der Waals surface area contributed by atoms with Crippen molar-refractivity contribution in [2.45, 2.75) is 12.8 Å². The van der Waals surface area contributed by atoms with E-state index in [1.165, 1.54) is 18.2 Å². The van der Waals surface area contributed by atoms with E-state index >= 15 is 0 Å². The van der Waals surface area contributed by atoms with E-state index in [9.17, 15) is 14.9 Å². The van der Waals surface area contributed by atoms with Crippen LogP contribution in [0.25, 0.3) is 0 Å². The lowest BCUT2D eigenvalue weighted by atomic mass is 10.0. The average Bonchev–Trinajstić information content (AvgIpc) is 2.45. The van der Waals surface area contributed by atoms with Gasteiger partial charge in [-0.1, -0.05) is 11.6 Å². The number of nitro groups is 1. The van der Waals surface area contributed by atoms with Crippen molar-refractivity contribution in [1.82, 2.24) is 5.32 Å². The molecule has 1 N–H and O–H groups in total. The van der Waals surface area contributed by atoms with E-state index in [2.05, 4.69) is 5.32 Å². The van der Waals surface area contributed by atoms with Crippen LogP contribution in [0.15, 0.2) is 18.2 Å². The summed E-state index contributed by atoms with van der Waals surface area (Å²) in [6.45, 7) is 1.81. The predicted octanol–water partition coefficient (Wildman–Crippen LogP) is 2.40. The largest absolute Gasteiger partial charge is 0.381 e. The first kappa shape index (κ1) is 14.7. The molecule has 0 aromatic heterocycles. The summed E-state index contributed by atoms with van der Waals surface area (Å²) in [5.41, 5.74) is -0.258. The highest BCUT2D eigenvalue weighted by molar-refractivity contribution is 6.31. The van der Waals surface area contributed by atoms with Gasteiger partial charge in [-0.15, -0.1) is 0 Å². The molecule has 0 bridgehead atoms. The maximum atomic E-state index is 12.0. The third kappa shape index (κ3) is 3.68. The molecular formula is C13H15ClN2O4. The van der Waals surface area contributed by atoms with Crippen molar-refractivity contribution in [3.05, 3.63) is 38.9 Å². The number of amides is 1. The predicted molar refractivity (Wildman–Crippen MR) is 74.0 cm³/mol. The molecule has 1 unspecified atom stereocenters. The number of carbonyl (C=O) groups excluding carboxylic acids is 1. The third-order valence-corrected chi connectivity index (χ3v) is 3.44. The maximum absolute atomic E-state index is 12.0. The summed E-state index contributed by atoms with van der Waals surface area (Å²) in [6.07, 6.45) is 1.95. The van der Waals surface area contributed by atoms with Gasteiger partial charge < -0.3 is 10.1 Å². The minimum atomic E-state index is -0.588. The molecule has 2 rings (SSSR count). The van der Waals surface area contributed by atoms with Crippen LogP contribution in [0.4, 0.5) is 5.69 Å². The average molecular weight is 299 g/mol. The van der Waals surface area contributed by atoms with Crippen LogP contribution in [0.3, 0.4) is 0 Å². The van der Waals surface area contributed by atoms with Crippen LogP contribution in [0, 0.1) is 16.0 Å². The van der Waals surface area contributed by atoms with Gasteiger partial charge in [-0.3, -0.25) is 14.9 Å². The van der Waals surface area contributed by atoms with Gasteiger partial charge in [-0.2, -0.15) is 0 Å². The van der Waals surface area contributed by atoms with Crippen molar-refractivity contribution < 1.29 is 14.5 Å². The third-order valence-electron chi connectivity index (χ3n) is 3.21. The normalized spacial score (nSPS) is 18.6. The Morgan fingerprint density at radius 3 is 3.00 bits per heavy atom. The first-order valence-corrected chi connectivity index (χ1v) is 6.75. The molecule has 1 aromatic carbocycles. The monoisotopic (exact) mass is 298 g/mol. The SMILES string of the molecule is O=C(NCC1CCCOC1)c1cc(Cl)ccc1[N+](=O)[O-]. The zero-order valence-electron chi connectivity index (χ0n) is 10.8. The highest BCUT2D eigenvalue weighted by Gasteiger charge is 2.22. The Bertz CT molecular complexity index is 515. The van der Waals surface area contributed by atoms with Crippen molar-refractivity contribution in [3.63, 3.8) is 0 Å². The van der Waals surface area contributed by atoms with Crippen LogP contribution in [0.2, 0.25) is 5.02 Å². The van der Waals surface area contributed by atoms with Gasteiger partial charge in [-0.05, 0) is 30.9 Å². The number of hydrogen-bond acceptors (Lipinski definition) is 4. The van der Waals surface area contributed by atoms with E-state index in [0.29, 0.717) is 18.2 Å². The van der Waals surface area contributed by atoms with E-state index in [-0.39, 0.29) is 17.2 Å². The van der Waals surface area contributed by atoms with Crippen LogP contribution < -0.4 is 5.32 Å². The van der Waals surface area contributed by atoms with Crippen molar-refractivity contribution in [2.24, 2.45) is 5.92 Å². The molecule has 20 heavy (non-hydrogen) atoms. The van der Waals surface area contributed by atoms with Gasteiger partial charge in [0.05, 0.1) is 11.5 Å². The molecule has 1 saturated heterocycles. The molecule has 1 heterocycles. The topological polar surface area (TPSA) is 81.5 Å². The van der Waals surface area contributed by atoms with Crippen molar-refractivity contribution in [3.8, 4) is 0 Å². The summed E-state index contributed by atoms with van der Waals surface area (Å²) in [5, 5.41) is 13.9. The molecule has 0 saturated carbocycles. The van der Waals surface area contributed by atoms with Gasteiger partial charge in [0.2, 0.25) is 0 Å². The highest BCUT2D eigenvalue weighted by Crippen LogP contribution is 2.22.